The van der Waals surface area contributed by atoms with Crippen LogP contribution in [0.15, 0.2) is 36.5 Å². The summed E-state index contributed by atoms with van der Waals surface area (Å²) >= 11 is 0. The van der Waals surface area contributed by atoms with Crippen LogP contribution in [0.25, 0.3) is 0 Å². The topological polar surface area (TPSA) is 39.2 Å². The summed E-state index contributed by atoms with van der Waals surface area (Å²) in [5.41, 5.74) is 1.28. The lowest BCUT2D eigenvalue weighted by molar-refractivity contribution is 0.103. The van der Waals surface area contributed by atoms with Gasteiger partial charge in [-0.2, -0.15) is 0 Å². The Morgan fingerprint density at radius 3 is 3.06 bits per heavy atom. The molecule has 0 spiro atoms. The number of hydrogen-bond acceptors (Lipinski definition) is 3. The third kappa shape index (κ3) is 1.76. The van der Waals surface area contributed by atoms with Gasteiger partial charge in [0, 0.05) is 18.2 Å². The summed E-state index contributed by atoms with van der Waals surface area (Å²) in [6, 6.07) is 7.83. The zero-order valence-corrected chi connectivity index (χ0v) is 9.52. The van der Waals surface area contributed by atoms with Crippen LogP contribution in [0.5, 0.6) is 5.75 Å². The smallest absolute Gasteiger partial charge is 0.214 e. The zero-order valence-electron chi connectivity index (χ0n) is 9.52. The molecule has 1 aromatic heterocycles. The van der Waals surface area contributed by atoms with Gasteiger partial charge in [0.1, 0.15) is 11.4 Å². The van der Waals surface area contributed by atoms with Crippen molar-refractivity contribution in [2.75, 3.05) is 6.61 Å². The Bertz CT molecular complexity index is 625. The molecule has 1 aliphatic heterocycles. The van der Waals surface area contributed by atoms with Gasteiger partial charge in [0.2, 0.25) is 5.78 Å². The summed E-state index contributed by atoms with van der Waals surface area (Å²) in [7, 11) is 0. The molecular weight excluding hydrogens is 233 g/mol. The van der Waals surface area contributed by atoms with E-state index in [1.54, 1.807) is 18.2 Å². The minimum Gasteiger partial charge on any atom is -0.493 e. The molecule has 0 N–H and O–H groups in total. The molecule has 0 radical (unpaired) electrons. The van der Waals surface area contributed by atoms with Gasteiger partial charge in [-0.15, -0.1) is 0 Å². The number of ether oxygens (including phenoxy) is 1. The largest absolute Gasteiger partial charge is 0.493 e. The van der Waals surface area contributed by atoms with Crippen molar-refractivity contribution in [3.63, 3.8) is 0 Å². The van der Waals surface area contributed by atoms with Gasteiger partial charge in [0.15, 0.2) is 5.82 Å². The molecule has 0 atom stereocenters. The summed E-state index contributed by atoms with van der Waals surface area (Å²) in [6.45, 7) is 0.630. The average Bonchev–Trinajstić information content (AvgIpc) is 2.85. The molecule has 1 aromatic carbocycles. The number of benzene rings is 1. The van der Waals surface area contributed by atoms with Crippen molar-refractivity contribution in [2.24, 2.45) is 0 Å². The van der Waals surface area contributed by atoms with E-state index < -0.39 is 11.6 Å². The quantitative estimate of drug-likeness (QED) is 0.760. The van der Waals surface area contributed by atoms with Gasteiger partial charge in [-0.25, -0.2) is 9.37 Å². The van der Waals surface area contributed by atoms with Crippen LogP contribution in [-0.4, -0.2) is 17.4 Å². The van der Waals surface area contributed by atoms with Gasteiger partial charge >= 0.3 is 0 Å². The summed E-state index contributed by atoms with van der Waals surface area (Å²) in [5.74, 6) is -0.199. The number of hydrogen-bond donors (Lipinski definition) is 0. The summed E-state index contributed by atoms with van der Waals surface area (Å²) in [5, 5.41) is 0. The fraction of sp³-hybridized carbons (Fsp3) is 0.143. The summed E-state index contributed by atoms with van der Waals surface area (Å²) in [4.78, 5) is 15.9. The minimum atomic E-state index is -0.598. The number of pyridine rings is 1. The predicted octanol–water partition coefficient (Wildman–Crippen LogP) is 2.39. The van der Waals surface area contributed by atoms with E-state index in [-0.39, 0.29) is 5.69 Å². The standard InChI is InChI=1S/C14H10FNO2/c15-11-2-1-6-16-13(11)14(17)10-3-4-12-9(8-10)5-7-18-12/h1-4,6,8H,5,7H2. The highest BCUT2D eigenvalue weighted by atomic mass is 19.1. The van der Waals surface area contributed by atoms with Crippen molar-refractivity contribution in [1.82, 2.24) is 4.98 Å². The number of rotatable bonds is 2. The first-order valence-corrected chi connectivity index (χ1v) is 5.66. The maximum absolute atomic E-state index is 13.5. The molecule has 0 fully saturated rings. The molecule has 0 unspecified atom stereocenters. The van der Waals surface area contributed by atoms with Crippen molar-refractivity contribution >= 4 is 5.78 Å². The Hall–Kier alpha value is -2.23. The molecule has 0 aliphatic carbocycles. The first kappa shape index (κ1) is 10.9. The van der Waals surface area contributed by atoms with Gasteiger partial charge in [0.25, 0.3) is 0 Å². The molecule has 4 heteroatoms. The van der Waals surface area contributed by atoms with Crippen LogP contribution >= 0.6 is 0 Å². The Morgan fingerprint density at radius 1 is 1.33 bits per heavy atom. The number of aromatic nitrogens is 1. The van der Waals surface area contributed by atoms with Crippen molar-refractivity contribution in [3.8, 4) is 5.75 Å². The van der Waals surface area contributed by atoms with Crippen LogP contribution in [0.3, 0.4) is 0 Å². The summed E-state index contributed by atoms with van der Waals surface area (Å²) < 4.78 is 18.9. The van der Waals surface area contributed by atoms with E-state index in [4.69, 9.17) is 4.74 Å². The second kappa shape index (κ2) is 4.22. The third-order valence-corrected chi connectivity index (χ3v) is 2.93. The SMILES string of the molecule is O=C(c1ccc2c(c1)CCO2)c1ncccc1F. The maximum Gasteiger partial charge on any atom is 0.214 e. The predicted molar refractivity (Wildman–Crippen MR) is 63.3 cm³/mol. The lowest BCUT2D eigenvalue weighted by Crippen LogP contribution is -2.07. The molecule has 2 heterocycles. The second-order valence-corrected chi connectivity index (χ2v) is 4.08. The van der Waals surface area contributed by atoms with Gasteiger partial charge in [-0.1, -0.05) is 0 Å². The minimum absolute atomic E-state index is 0.142. The van der Waals surface area contributed by atoms with Crippen molar-refractivity contribution in [1.29, 1.82) is 0 Å². The Balaban J connectivity index is 2.01. The van der Waals surface area contributed by atoms with Crippen LogP contribution in [0.4, 0.5) is 4.39 Å². The number of carbonyl (C=O) groups excluding carboxylic acids is 1. The van der Waals surface area contributed by atoms with E-state index >= 15 is 0 Å². The van der Waals surface area contributed by atoms with E-state index in [2.05, 4.69) is 4.98 Å². The van der Waals surface area contributed by atoms with Crippen molar-refractivity contribution in [3.05, 3.63) is 59.2 Å². The highest BCUT2D eigenvalue weighted by Crippen LogP contribution is 2.26. The first-order chi connectivity index (χ1) is 8.75. The molecule has 0 saturated heterocycles. The van der Waals surface area contributed by atoms with Gasteiger partial charge in [-0.05, 0) is 35.9 Å². The molecule has 0 amide bonds. The van der Waals surface area contributed by atoms with Crippen molar-refractivity contribution in [2.45, 2.75) is 6.42 Å². The summed E-state index contributed by atoms with van der Waals surface area (Å²) in [6.07, 6.45) is 2.19. The van der Waals surface area contributed by atoms with E-state index in [1.165, 1.54) is 18.3 Å². The van der Waals surface area contributed by atoms with Gasteiger partial charge in [0.05, 0.1) is 6.61 Å². The van der Waals surface area contributed by atoms with Crippen LogP contribution in [0.1, 0.15) is 21.6 Å². The lowest BCUT2D eigenvalue weighted by Gasteiger charge is -2.03. The maximum atomic E-state index is 13.5. The number of fused-ring (bicyclic) bond motifs is 1. The van der Waals surface area contributed by atoms with Crippen LogP contribution in [0, 0.1) is 5.82 Å². The zero-order chi connectivity index (χ0) is 12.5. The fourth-order valence-electron chi connectivity index (χ4n) is 2.02. The molecule has 1 aliphatic rings. The Morgan fingerprint density at radius 2 is 2.22 bits per heavy atom. The van der Waals surface area contributed by atoms with E-state index in [0.717, 1.165) is 17.7 Å². The van der Waals surface area contributed by atoms with Crippen LogP contribution < -0.4 is 4.74 Å². The number of ketones is 1. The first-order valence-electron chi connectivity index (χ1n) is 5.66. The fourth-order valence-corrected chi connectivity index (χ4v) is 2.02. The second-order valence-electron chi connectivity index (χ2n) is 4.08. The monoisotopic (exact) mass is 243 g/mol. The van der Waals surface area contributed by atoms with Gasteiger partial charge < -0.3 is 4.74 Å². The van der Waals surface area contributed by atoms with Crippen LogP contribution in [0.2, 0.25) is 0 Å². The molecule has 0 bridgehead atoms. The van der Waals surface area contributed by atoms with Gasteiger partial charge in [-0.3, -0.25) is 4.79 Å². The molecule has 3 rings (SSSR count). The third-order valence-electron chi connectivity index (χ3n) is 2.93. The van der Waals surface area contributed by atoms with E-state index in [0.29, 0.717) is 12.2 Å². The highest BCUT2D eigenvalue weighted by molar-refractivity contribution is 6.08. The molecular formula is C14H10FNO2. The average molecular weight is 243 g/mol. The molecule has 18 heavy (non-hydrogen) atoms. The normalized spacial score (nSPS) is 12.9. The Labute approximate surface area is 103 Å². The van der Waals surface area contributed by atoms with Crippen LogP contribution in [-0.2, 0) is 6.42 Å². The van der Waals surface area contributed by atoms with Crippen molar-refractivity contribution < 1.29 is 13.9 Å². The molecule has 90 valence electrons. The number of carbonyl (C=O) groups is 1. The molecule has 2 aromatic rings. The molecule has 0 saturated carbocycles. The number of halogens is 1. The molecule has 3 nitrogen and oxygen atoms in total. The number of nitrogens with zero attached hydrogens (tertiary/aromatic N) is 1. The Kier molecular flexibility index (Phi) is 2.55. The lowest BCUT2D eigenvalue weighted by atomic mass is 10.0. The van der Waals surface area contributed by atoms with E-state index in [1.807, 2.05) is 0 Å². The highest BCUT2D eigenvalue weighted by Gasteiger charge is 2.18. The van der Waals surface area contributed by atoms with E-state index in [9.17, 15) is 9.18 Å².